The Morgan fingerprint density at radius 1 is 1.35 bits per heavy atom. The Kier molecular flexibility index (Phi) is 6.10. The van der Waals surface area contributed by atoms with Gasteiger partial charge in [-0.25, -0.2) is 0 Å². The van der Waals surface area contributed by atoms with Gasteiger partial charge in [0.2, 0.25) is 5.91 Å². The van der Waals surface area contributed by atoms with Gasteiger partial charge in [-0.2, -0.15) is 11.8 Å². The Labute approximate surface area is 114 Å². The fourth-order valence-electron chi connectivity index (χ4n) is 2.69. The Morgan fingerprint density at radius 2 is 2.18 bits per heavy atom. The lowest BCUT2D eigenvalue weighted by Gasteiger charge is -2.33. The van der Waals surface area contributed by atoms with Crippen molar-refractivity contribution in [2.45, 2.75) is 38.1 Å². The number of halogens is 1. The molecule has 2 saturated heterocycles. The third-order valence-corrected chi connectivity index (χ3v) is 4.81. The monoisotopic (exact) mass is 278 g/mol. The van der Waals surface area contributed by atoms with Gasteiger partial charge in [0.05, 0.1) is 5.54 Å². The minimum Gasteiger partial charge on any atom is -0.340 e. The van der Waals surface area contributed by atoms with E-state index in [9.17, 15) is 4.79 Å². The first-order valence-electron chi connectivity index (χ1n) is 6.41. The molecule has 2 rings (SSSR count). The summed E-state index contributed by atoms with van der Waals surface area (Å²) in [6.45, 7) is 5.02. The zero-order valence-electron chi connectivity index (χ0n) is 10.5. The van der Waals surface area contributed by atoms with Crippen molar-refractivity contribution in [3.05, 3.63) is 0 Å². The fourth-order valence-corrected chi connectivity index (χ4v) is 3.58. The second-order valence-electron chi connectivity index (χ2n) is 4.72. The summed E-state index contributed by atoms with van der Waals surface area (Å²) in [5, 5.41) is 3.44. The lowest BCUT2D eigenvalue weighted by molar-refractivity contribution is -0.137. The van der Waals surface area contributed by atoms with E-state index in [0.29, 0.717) is 5.91 Å². The molecule has 1 N–H and O–H groups in total. The normalized spacial score (nSPS) is 29.6. The van der Waals surface area contributed by atoms with Crippen LogP contribution in [-0.4, -0.2) is 47.5 Å². The molecule has 2 aliphatic rings. The molecule has 17 heavy (non-hydrogen) atoms. The molecule has 3 nitrogen and oxygen atoms in total. The highest BCUT2D eigenvalue weighted by Crippen LogP contribution is 2.26. The van der Waals surface area contributed by atoms with E-state index in [4.69, 9.17) is 0 Å². The van der Waals surface area contributed by atoms with Crippen molar-refractivity contribution in [1.82, 2.24) is 10.2 Å². The van der Waals surface area contributed by atoms with Crippen LogP contribution < -0.4 is 5.32 Å². The Hall–Kier alpha value is 0.0700. The van der Waals surface area contributed by atoms with Gasteiger partial charge < -0.3 is 10.2 Å². The molecule has 1 unspecified atom stereocenters. The molecule has 0 bridgehead atoms. The van der Waals surface area contributed by atoms with Gasteiger partial charge >= 0.3 is 0 Å². The molecule has 1 amide bonds. The molecule has 0 aliphatic carbocycles. The Bertz CT molecular complexity index is 249. The van der Waals surface area contributed by atoms with E-state index in [1.54, 1.807) is 0 Å². The lowest BCUT2D eigenvalue weighted by Crippen LogP contribution is -2.55. The molecule has 0 aromatic heterocycles. The largest absolute Gasteiger partial charge is 0.340 e. The molecular formula is C12H23ClN2OS. The van der Waals surface area contributed by atoms with Crippen LogP contribution in [0, 0.1) is 0 Å². The summed E-state index contributed by atoms with van der Waals surface area (Å²) in [6.07, 6.45) is 4.24. The molecule has 2 heterocycles. The zero-order valence-corrected chi connectivity index (χ0v) is 12.2. The van der Waals surface area contributed by atoms with Crippen LogP contribution in [0.25, 0.3) is 0 Å². The van der Waals surface area contributed by atoms with Crippen molar-refractivity contribution >= 4 is 30.1 Å². The Balaban J connectivity index is 0.00000144. The third kappa shape index (κ3) is 3.30. The van der Waals surface area contributed by atoms with E-state index >= 15 is 0 Å². The minimum atomic E-state index is -0.227. The molecule has 0 aromatic carbocycles. The number of rotatable bonds is 2. The topological polar surface area (TPSA) is 32.3 Å². The first kappa shape index (κ1) is 15.1. The van der Waals surface area contributed by atoms with Crippen molar-refractivity contribution in [2.24, 2.45) is 0 Å². The summed E-state index contributed by atoms with van der Waals surface area (Å²) in [6, 6.07) is 0. The number of amides is 1. The van der Waals surface area contributed by atoms with Crippen LogP contribution in [0.5, 0.6) is 0 Å². The average molecular weight is 279 g/mol. The number of carbonyl (C=O) groups excluding carboxylic acids is 1. The van der Waals surface area contributed by atoms with E-state index in [1.165, 1.54) is 5.75 Å². The highest BCUT2D eigenvalue weighted by Gasteiger charge is 2.41. The molecule has 1 atom stereocenters. The van der Waals surface area contributed by atoms with Crippen molar-refractivity contribution < 1.29 is 4.79 Å². The Morgan fingerprint density at radius 3 is 2.82 bits per heavy atom. The summed E-state index contributed by atoms with van der Waals surface area (Å²) in [7, 11) is 0. The van der Waals surface area contributed by atoms with E-state index < -0.39 is 0 Å². The van der Waals surface area contributed by atoms with Gasteiger partial charge in [0.1, 0.15) is 0 Å². The summed E-state index contributed by atoms with van der Waals surface area (Å²) in [4.78, 5) is 14.6. The third-order valence-electron chi connectivity index (χ3n) is 3.77. The molecule has 0 spiro atoms. The standard InChI is InChI=1S/C12H22N2OS.ClH/c1-2-12(5-3-6-13-12)11(15)14-7-4-9-16-10-8-14;/h13H,2-10H2,1H3;1H. The maximum absolute atomic E-state index is 12.6. The molecule has 0 radical (unpaired) electrons. The molecule has 5 heteroatoms. The van der Waals surface area contributed by atoms with E-state index in [1.807, 2.05) is 11.8 Å². The molecule has 0 saturated carbocycles. The number of thioether (sulfide) groups is 1. The van der Waals surface area contributed by atoms with Crippen molar-refractivity contribution in [3.63, 3.8) is 0 Å². The summed E-state index contributed by atoms with van der Waals surface area (Å²) in [5.41, 5.74) is -0.227. The molecule has 2 aliphatic heterocycles. The van der Waals surface area contributed by atoms with E-state index in [0.717, 1.165) is 51.1 Å². The van der Waals surface area contributed by atoms with Gasteiger partial charge in [-0.3, -0.25) is 4.79 Å². The first-order chi connectivity index (χ1) is 7.78. The number of nitrogens with zero attached hydrogens (tertiary/aromatic N) is 1. The predicted molar refractivity (Wildman–Crippen MR) is 76.0 cm³/mol. The van der Waals surface area contributed by atoms with E-state index in [-0.39, 0.29) is 17.9 Å². The summed E-state index contributed by atoms with van der Waals surface area (Å²) < 4.78 is 0. The van der Waals surface area contributed by atoms with Crippen molar-refractivity contribution in [3.8, 4) is 0 Å². The van der Waals surface area contributed by atoms with Gasteiger partial charge in [0, 0.05) is 18.8 Å². The van der Waals surface area contributed by atoms with Crippen LogP contribution in [0.3, 0.4) is 0 Å². The first-order valence-corrected chi connectivity index (χ1v) is 7.56. The highest BCUT2D eigenvalue weighted by atomic mass is 35.5. The highest BCUT2D eigenvalue weighted by molar-refractivity contribution is 7.99. The van der Waals surface area contributed by atoms with Crippen molar-refractivity contribution in [2.75, 3.05) is 31.1 Å². The number of hydrogen-bond acceptors (Lipinski definition) is 3. The van der Waals surface area contributed by atoms with Gasteiger partial charge in [-0.05, 0) is 38.0 Å². The molecule has 100 valence electrons. The van der Waals surface area contributed by atoms with Gasteiger partial charge in [0.25, 0.3) is 0 Å². The molecule has 2 fully saturated rings. The number of nitrogens with one attached hydrogen (secondary N) is 1. The predicted octanol–water partition coefficient (Wildman–Crippen LogP) is 1.91. The quantitative estimate of drug-likeness (QED) is 0.837. The lowest BCUT2D eigenvalue weighted by atomic mass is 9.92. The second kappa shape index (κ2) is 6.86. The van der Waals surface area contributed by atoms with Crippen LogP contribution in [-0.2, 0) is 4.79 Å². The molecular weight excluding hydrogens is 256 g/mol. The van der Waals surface area contributed by atoms with Gasteiger partial charge in [-0.1, -0.05) is 6.92 Å². The van der Waals surface area contributed by atoms with Crippen LogP contribution in [0.2, 0.25) is 0 Å². The van der Waals surface area contributed by atoms with E-state index in [2.05, 4.69) is 17.1 Å². The smallest absolute Gasteiger partial charge is 0.242 e. The van der Waals surface area contributed by atoms with Crippen LogP contribution in [0.1, 0.15) is 32.6 Å². The van der Waals surface area contributed by atoms with Crippen LogP contribution >= 0.6 is 24.2 Å². The number of carbonyl (C=O) groups is 1. The summed E-state index contributed by atoms with van der Waals surface area (Å²) >= 11 is 1.97. The van der Waals surface area contributed by atoms with Gasteiger partial charge in [-0.15, -0.1) is 12.4 Å². The maximum Gasteiger partial charge on any atom is 0.242 e. The minimum absolute atomic E-state index is 0. The van der Waals surface area contributed by atoms with Gasteiger partial charge in [0.15, 0.2) is 0 Å². The van der Waals surface area contributed by atoms with Crippen molar-refractivity contribution in [1.29, 1.82) is 0 Å². The average Bonchev–Trinajstić information content (AvgIpc) is 2.64. The number of hydrogen-bond donors (Lipinski definition) is 1. The SMILES string of the molecule is CCC1(C(=O)N2CCCSCC2)CCCN1.Cl. The second-order valence-corrected chi connectivity index (χ2v) is 5.95. The fraction of sp³-hybridized carbons (Fsp3) is 0.917. The molecule has 0 aromatic rings. The van der Waals surface area contributed by atoms with Crippen LogP contribution in [0.15, 0.2) is 0 Å². The van der Waals surface area contributed by atoms with Crippen LogP contribution in [0.4, 0.5) is 0 Å². The maximum atomic E-state index is 12.6. The summed E-state index contributed by atoms with van der Waals surface area (Å²) in [5.74, 6) is 2.66. The zero-order chi connectivity index (χ0) is 11.4.